The van der Waals surface area contributed by atoms with Crippen LogP contribution in [0.5, 0.6) is 0 Å². The van der Waals surface area contributed by atoms with Gasteiger partial charge in [0.2, 0.25) is 5.91 Å². The summed E-state index contributed by atoms with van der Waals surface area (Å²) in [5.74, 6) is 0.0455. The summed E-state index contributed by atoms with van der Waals surface area (Å²) in [5.41, 5.74) is 1.50. The fourth-order valence-electron chi connectivity index (χ4n) is 2.42. The van der Waals surface area contributed by atoms with Gasteiger partial charge in [0.1, 0.15) is 0 Å². The van der Waals surface area contributed by atoms with Gasteiger partial charge in [0.15, 0.2) is 0 Å². The molecule has 0 aliphatic rings. The van der Waals surface area contributed by atoms with Crippen LogP contribution in [0.25, 0.3) is 0 Å². The van der Waals surface area contributed by atoms with Gasteiger partial charge >= 0.3 is 0 Å². The summed E-state index contributed by atoms with van der Waals surface area (Å²) in [6.45, 7) is 5.75. The van der Waals surface area contributed by atoms with Crippen molar-refractivity contribution >= 4 is 35.2 Å². The second-order valence-corrected chi connectivity index (χ2v) is 7.71. The number of carbonyl (C=O) groups is 2. The van der Waals surface area contributed by atoms with Gasteiger partial charge < -0.3 is 10.6 Å². The van der Waals surface area contributed by atoms with Gasteiger partial charge in [-0.25, -0.2) is 0 Å². The molecule has 0 aromatic heterocycles. The Morgan fingerprint density at radius 3 is 2.46 bits per heavy atom. The lowest BCUT2D eigenvalue weighted by molar-refractivity contribution is -0.119. The highest BCUT2D eigenvalue weighted by Crippen LogP contribution is 2.24. The zero-order valence-corrected chi connectivity index (χ0v) is 16.7. The third-order valence-electron chi connectivity index (χ3n) is 3.64. The van der Waals surface area contributed by atoms with Crippen LogP contribution < -0.4 is 10.6 Å². The zero-order valence-electron chi connectivity index (χ0n) is 15.1. The van der Waals surface area contributed by atoms with Gasteiger partial charge in [-0.1, -0.05) is 35.9 Å². The Kier molecular flexibility index (Phi) is 7.54. The van der Waals surface area contributed by atoms with Gasteiger partial charge in [0, 0.05) is 16.0 Å². The zero-order chi connectivity index (χ0) is 19.1. The average molecular weight is 391 g/mol. The molecule has 0 aliphatic heterocycles. The maximum absolute atomic E-state index is 12.7. The van der Waals surface area contributed by atoms with Crippen LogP contribution in [0.2, 0.25) is 5.02 Å². The van der Waals surface area contributed by atoms with E-state index in [0.29, 0.717) is 10.6 Å². The van der Waals surface area contributed by atoms with Crippen LogP contribution in [0, 0.1) is 0 Å². The van der Waals surface area contributed by atoms with Crippen LogP contribution in [0.4, 0.5) is 0 Å². The minimum Gasteiger partial charge on any atom is -0.353 e. The molecule has 0 saturated carbocycles. The molecule has 6 heteroatoms. The molecule has 0 aliphatic carbocycles. The Morgan fingerprint density at radius 2 is 1.77 bits per heavy atom. The highest BCUT2D eigenvalue weighted by atomic mass is 35.5. The molecule has 0 spiro atoms. The molecule has 0 bridgehead atoms. The first kappa shape index (κ1) is 20.3. The molecule has 0 saturated heterocycles. The van der Waals surface area contributed by atoms with Crippen LogP contribution in [-0.4, -0.2) is 23.6 Å². The maximum Gasteiger partial charge on any atom is 0.252 e. The van der Waals surface area contributed by atoms with Crippen molar-refractivity contribution in [3.05, 3.63) is 64.7 Å². The summed E-state index contributed by atoms with van der Waals surface area (Å²) in [6.07, 6.45) is 0. The maximum atomic E-state index is 12.7. The van der Waals surface area contributed by atoms with Crippen molar-refractivity contribution in [2.24, 2.45) is 0 Å². The van der Waals surface area contributed by atoms with E-state index >= 15 is 0 Å². The van der Waals surface area contributed by atoms with E-state index in [1.165, 1.54) is 11.8 Å². The van der Waals surface area contributed by atoms with Crippen molar-refractivity contribution in [3.63, 3.8) is 0 Å². The highest BCUT2D eigenvalue weighted by molar-refractivity contribution is 8.00. The monoisotopic (exact) mass is 390 g/mol. The summed E-state index contributed by atoms with van der Waals surface area (Å²) in [6, 6.07) is 14.6. The van der Waals surface area contributed by atoms with E-state index in [1.54, 1.807) is 12.1 Å². The summed E-state index contributed by atoms with van der Waals surface area (Å²) >= 11 is 7.38. The molecule has 1 unspecified atom stereocenters. The van der Waals surface area contributed by atoms with Gasteiger partial charge in [-0.15, -0.1) is 11.8 Å². The number of hydrogen-bond donors (Lipinski definition) is 2. The van der Waals surface area contributed by atoms with Crippen molar-refractivity contribution in [1.29, 1.82) is 0 Å². The summed E-state index contributed by atoms with van der Waals surface area (Å²) in [7, 11) is 0. The first-order valence-corrected chi connectivity index (χ1v) is 9.80. The smallest absolute Gasteiger partial charge is 0.252 e. The molecule has 138 valence electrons. The third kappa shape index (κ3) is 6.07. The van der Waals surface area contributed by atoms with Crippen LogP contribution in [-0.2, 0) is 4.79 Å². The molecule has 2 N–H and O–H groups in total. The van der Waals surface area contributed by atoms with Crippen molar-refractivity contribution in [1.82, 2.24) is 10.6 Å². The lowest BCUT2D eigenvalue weighted by Crippen LogP contribution is -2.31. The number of thioether (sulfide) groups is 1. The van der Waals surface area contributed by atoms with Crippen LogP contribution in [0.3, 0.4) is 0 Å². The first-order valence-electron chi connectivity index (χ1n) is 8.44. The topological polar surface area (TPSA) is 58.2 Å². The quantitative estimate of drug-likeness (QED) is 0.687. The third-order valence-corrected chi connectivity index (χ3v) is 4.95. The Hall–Kier alpha value is -1.98. The number of halogens is 1. The largest absolute Gasteiger partial charge is 0.353 e. The molecule has 2 amide bonds. The van der Waals surface area contributed by atoms with Crippen LogP contribution >= 0.6 is 23.4 Å². The SMILES string of the molecule is CC(C)NC(=O)CSc1ccccc1C(=O)NC(C)c1cccc(Cl)c1. The van der Waals surface area contributed by atoms with E-state index < -0.39 is 0 Å². The fraction of sp³-hybridized carbons (Fsp3) is 0.300. The van der Waals surface area contributed by atoms with Gasteiger partial charge in [0.25, 0.3) is 5.91 Å². The van der Waals surface area contributed by atoms with E-state index in [0.717, 1.165) is 10.5 Å². The second-order valence-electron chi connectivity index (χ2n) is 6.26. The van der Waals surface area contributed by atoms with Gasteiger partial charge in [-0.05, 0) is 50.6 Å². The molecule has 0 fully saturated rings. The Balaban J connectivity index is 2.05. The van der Waals surface area contributed by atoms with E-state index in [-0.39, 0.29) is 29.7 Å². The van der Waals surface area contributed by atoms with Crippen molar-refractivity contribution in [3.8, 4) is 0 Å². The van der Waals surface area contributed by atoms with Gasteiger partial charge in [-0.2, -0.15) is 0 Å². The number of amides is 2. The van der Waals surface area contributed by atoms with E-state index in [1.807, 2.05) is 57.2 Å². The Labute approximate surface area is 163 Å². The minimum atomic E-state index is -0.177. The molecule has 26 heavy (non-hydrogen) atoms. The second kappa shape index (κ2) is 9.64. The van der Waals surface area contributed by atoms with E-state index in [4.69, 9.17) is 11.6 Å². The fourth-order valence-corrected chi connectivity index (χ4v) is 3.48. The lowest BCUT2D eigenvalue weighted by Gasteiger charge is -2.16. The summed E-state index contributed by atoms with van der Waals surface area (Å²) in [5, 5.41) is 6.47. The molecule has 4 nitrogen and oxygen atoms in total. The van der Waals surface area contributed by atoms with Crippen molar-refractivity contribution in [2.45, 2.75) is 37.8 Å². The first-order chi connectivity index (χ1) is 12.4. The van der Waals surface area contributed by atoms with Crippen LogP contribution in [0.15, 0.2) is 53.4 Å². The van der Waals surface area contributed by atoms with Crippen LogP contribution in [0.1, 0.15) is 42.7 Å². The van der Waals surface area contributed by atoms with Gasteiger partial charge in [-0.3, -0.25) is 9.59 Å². The molecular formula is C20H23ClN2O2S. The number of rotatable bonds is 7. The average Bonchev–Trinajstić information content (AvgIpc) is 2.59. The number of benzene rings is 2. The predicted molar refractivity (Wildman–Crippen MR) is 108 cm³/mol. The molecule has 0 radical (unpaired) electrons. The van der Waals surface area contributed by atoms with E-state index in [9.17, 15) is 9.59 Å². The van der Waals surface area contributed by atoms with Gasteiger partial charge in [0.05, 0.1) is 17.4 Å². The summed E-state index contributed by atoms with van der Waals surface area (Å²) in [4.78, 5) is 25.3. The van der Waals surface area contributed by atoms with E-state index in [2.05, 4.69) is 10.6 Å². The lowest BCUT2D eigenvalue weighted by atomic mass is 10.1. The highest BCUT2D eigenvalue weighted by Gasteiger charge is 2.16. The normalized spacial score (nSPS) is 11.9. The molecule has 2 aromatic carbocycles. The molecule has 0 heterocycles. The molecule has 2 aromatic rings. The Bertz CT molecular complexity index is 780. The number of carbonyl (C=O) groups excluding carboxylic acids is 2. The number of nitrogens with one attached hydrogen (secondary N) is 2. The van der Waals surface area contributed by atoms with Crippen molar-refractivity contribution in [2.75, 3.05) is 5.75 Å². The molecular weight excluding hydrogens is 368 g/mol. The molecule has 2 rings (SSSR count). The minimum absolute atomic E-state index is 0.0486. The Morgan fingerprint density at radius 1 is 1.04 bits per heavy atom. The summed E-state index contributed by atoms with van der Waals surface area (Å²) < 4.78 is 0. The number of hydrogen-bond acceptors (Lipinski definition) is 3. The van der Waals surface area contributed by atoms with Crippen molar-refractivity contribution < 1.29 is 9.59 Å². The molecule has 1 atom stereocenters. The standard InChI is InChI=1S/C20H23ClN2O2S/c1-13(2)22-19(24)12-26-18-10-5-4-9-17(18)20(25)23-14(3)15-7-6-8-16(21)11-15/h4-11,13-14H,12H2,1-3H3,(H,22,24)(H,23,25). The predicted octanol–water partition coefficient (Wildman–Crippen LogP) is 4.45.